The van der Waals surface area contributed by atoms with Crippen molar-refractivity contribution in [2.45, 2.75) is 32.2 Å². The van der Waals surface area contributed by atoms with E-state index < -0.39 is 11.9 Å². The van der Waals surface area contributed by atoms with Crippen LogP contribution in [0.25, 0.3) is 0 Å². The molecule has 0 saturated carbocycles. The number of nitrogens with one attached hydrogen (secondary N) is 2. The molecular weight excluding hydrogens is 340 g/mol. The number of piperidine rings is 1. The maximum atomic E-state index is 12.4. The Morgan fingerprint density at radius 1 is 0.926 bits per heavy atom. The van der Waals surface area contributed by atoms with E-state index in [-0.39, 0.29) is 5.91 Å². The second-order valence-electron chi connectivity index (χ2n) is 6.89. The molecule has 2 amide bonds. The van der Waals surface area contributed by atoms with Crippen LogP contribution in [0.2, 0.25) is 0 Å². The van der Waals surface area contributed by atoms with Crippen molar-refractivity contribution in [3.63, 3.8) is 0 Å². The van der Waals surface area contributed by atoms with Crippen LogP contribution < -0.4 is 21.3 Å². The SMILES string of the molecule is C[C@H](Nc1ccc(N2CCCCC2)cc1)C(=O)Nc1ccc(C(N)=O)cc1. The molecule has 1 aliphatic rings. The summed E-state index contributed by atoms with van der Waals surface area (Å²) < 4.78 is 0. The average Bonchev–Trinajstić information content (AvgIpc) is 2.69. The van der Waals surface area contributed by atoms with Gasteiger partial charge in [0.2, 0.25) is 11.8 Å². The van der Waals surface area contributed by atoms with Crippen molar-refractivity contribution in [1.29, 1.82) is 0 Å². The Balaban J connectivity index is 1.55. The largest absolute Gasteiger partial charge is 0.374 e. The number of benzene rings is 2. The Labute approximate surface area is 159 Å². The predicted molar refractivity (Wildman–Crippen MR) is 109 cm³/mol. The van der Waals surface area contributed by atoms with Gasteiger partial charge in [0.1, 0.15) is 6.04 Å². The lowest BCUT2D eigenvalue weighted by Gasteiger charge is -2.29. The molecule has 6 heteroatoms. The van der Waals surface area contributed by atoms with E-state index in [1.165, 1.54) is 24.9 Å². The minimum Gasteiger partial charge on any atom is -0.374 e. The Hall–Kier alpha value is -3.02. The highest BCUT2D eigenvalue weighted by molar-refractivity contribution is 5.97. The third-order valence-corrected chi connectivity index (χ3v) is 4.80. The number of hydrogen-bond donors (Lipinski definition) is 3. The van der Waals surface area contributed by atoms with Crippen molar-refractivity contribution < 1.29 is 9.59 Å². The van der Waals surface area contributed by atoms with Gasteiger partial charge in [0.05, 0.1) is 0 Å². The maximum absolute atomic E-state index is 12.4. The van der Waals surface area contributed by atoms with Gasteiger partial charge in [0, 0.05) is 35.7 Å². The van der Waals surface area contributed by atoms with Crippen LogP contribution in [0.4, 0.5) is 17.1 Å². The first-order valence-electron chi connectivity index (χ1n) is 9.35. The standard InChI is InChI=1S/C21H26N4O2/c1-15(21(27)24-18-7-5-16(6-8-18)20(22)26)23-17-9-11-19(12-10-17)25-13-3-2-4-14-25/h5-12,15,23H,2-4,13-14H2,1H3,(H2,22,26)(H,24,27)/t15-/m0/s1. The maximum Gasteiger partial charge on any atom is 0.248 e. The smallest absolute Gasteiger partial charge is 0.248 e. The van der Waals surface area contributed by atoms with Gasteiger partial charge < -0.3 is 21.3 Å². The van der Waals surface area contributed by atoms with E-state index in [9.17, 15) is 9.59 Å². The number of carbonyl (C=O) groups excluding carboxylic acids is 2. The summed E-state index contributed by atoms with van der Waals surface area (Å²) in [4.78, 5) is 25.9. The molecule has 2 aromatic carbocycles. The second kappa shape index (κ2) is 8.58. The molecule has 142 valence electrons. The molecule has 1 atom stereocenters. The monoisotopic (exact) mass is 366 g/mol. The number of nitrogens with two attached hydrogens (primary N) is 1. The molecule has 1 saturated heterocycles. The normalized spacial score (nSPS) is 15.1. The van der Waals surface area contributed by atoms with E-state index in [0.717, 1.165) is 18.8 Å². The summed E-state index contributed by atoms with van der Waals surface area (Å²) in [6, 6.07) is 14.3. The van der Waals surface area contributed by atoms with Crippen molar-refractivity contribution in [3.8, 4) is 0 Å². The molecule has 6 nitrogen and oxygen atoms in total. The molecule has 4 N–H and O–H groups in total. The quantitative estimate of drug-likeness (QED) is 0.732. The molecule has 0 aliphatic carbocycles. The molecule has 0 bridgehead atoms. The lowest BCUT2D eigenvalue weighted by Crippen LogP contribution is -2.32. The number of carbonyl (C=O) groups is 2. The van der Waals surface area contributed by atoms with E-state index in [1.807, 2.05) is 19.1 Å². The van der Waals surface area contributed by atoms with E-state index in [2.05, 4.69) is 27.7 Å². The first-order valence-corrected chi connectivity index (χ1v) is 9.35. The van der Waals surface area contributed by atoms with Crippen molar-refractivity contribution in [3.05, 3.63) is 54.1 Å². The predicted octanol–water partition coefficient (Wildman–Crippen LogP) is 3.21. The van der Waals surface area contributed by atoms with Gasteiger partial charge in [-0.15, -0.1) is 0 Å². The highest BCUT2D eigenvalue weighted by Crippen LogP contribution is 2.22. The van der Waals surface area contributed by atoms with Gasteiger partial charge in [-0.25, -0.2) is 0 Å². The van der Waals surface area contributed by atoms with E-state index in [1.54, 1.807) is 24.3 Å². The molecule has 0 radical (unpaired) electrons. The average molecular weight is 366 g/mol. The molecule has 1 heterocycles. The number of nitrogens with zero attached hydrogens (tertiary/aromatic N) is 1. The first-order chi connectivity index (χ1) is 13.0. The number of anilines is 3. The summed E-state index contributed by atoms with van der Waals surface area (Å²) >= 11 is 0. The van der Waals surface area contributed by atoms with Crippen molar-refractivity contribution >= 4 is 28.9 Å². The Morgan fingerprint density at radius 3 is 2.11 bits per heavy atom. The van der Waals surface area contributed by atoms with E-state index in [0.29, 0.717) is 11.3 Å². The van der Waals surface area contributed by atoms with Gasteiger partial charge in [0.15, 0.2) is 0 Å². The Bertz CT molecular complexity index is 781. The zero-order valence-corrected chi connectivity index (χ0v) is 15.6. The highest BCUT2D eigenvalue weighted by atomic mass is 16.2. The minimum atomic E-state index is -0.490. The Morgan fingerprint density at radius 2 is 1.52 bits per heavy atom. The van der Waals surface area contributed by atoms with Gasteiger partial charge in [-0.3, -0.25) is 9.59 Å². The van der Waals surface area contributed by atoms with Gasteiger partial charge in [0.25, 0.3) is 0 Å². The molecular formula is C21H26N4O2. The first kappa shape index (κ1) is 18.8. The van der Waals surface area contributed by atoms with Crippen molar-refractivity contribution in [2.24, 2.45) is 5.73 Å². The summed E-state index contributed by atoms with van der Waals surface area (Å²) in [6.45, 7) is 4.03. The molecule has 0 unspecified atom stereocenters. The van der Waals surface area contributed by atoms with Crippen LogP contribution in [0.1, 0.15) is 36.5 Å². The Kier molecular flexibility index (Phi) is 5.96. The van der Waals surface area contributed by atoms with Gasteiger partial charge in [-0.1, -0.05) is 0 Å². The number of rotatable bonds is 6. The lowest BCUT2D eigenvalue weighted by atomic mass is 10.1. The molecule has 1 aliphatic heterocycles. The third-order valence-electron chi connectivity index (χ3n) is 4.80. The molecule has 0 aromatic heterocycles. The fraction of sp³-hybridized carbons (Fsp3) is 0.333. The molecule has 0 spiro atoms. The molecule has 1 fully saturated rings. The summed E-state index contributed by atoms with van der Waals surface area (Å²) in [6.07, 6.45) is 3.81. The lowest BCUT2D eigenvalue weighted by molar-refractivity contribution is -0.116. The van der Waals surface area contributed by atoms with Crippen molar-refractivity contribution in [1.82, 2.24) is 0 Å². The number of primary amides is 1. The molecule has 27 heavy (non-hydrogen) atoms. The summed E-state index contributed by atoms with van der Waals surface area (Å²) in [7, 11) is 0. The van der Waals surface area contributed by atoms with Crippen LogP contribution in [-0.4, -0.2) is 30.9 Å². The minimum absolute atomic E-state index is 0.151. The van der Waals surface area contributed by atoms with Crippen LogP contribution in [0.5, 0.6) is 0 Å². The van der Waals surface area contributed by atoms with E-state index in [4.69, 9.17) is 5.73 Å². The molecule has 3 rings (SSSR count). The van der Waals surface area contributed by atoms with Crippen molar-refractivity contribution in [2.75, 3.05) is 28.6 Å². The van der Waals surface area contributed by atoms with Crippen LogP contribution in [-0.2, 0) is 4.79 Å². The highest BCUT2D eigenvalue weighted by Gasteiger charge is 2.14. The van der Waals surface area contributed by atoms with Gasteiger partial charge in [-0.05, 0) is 74.7 Å². The fourth-order valence-corrected chi connectivity index (χ4v) is 3.20. The summed E-state index contributed by atoms with van der Waals surface area (Å²) in [5, 5.41) is 6.05. The molecule has 2 aromatic rings. The van der Waals surface area contributed by atoms with Gasteiger partial charge in [-0.2, -0.15) is 0 Å². The number of hydrogen-bond acceptors (Lipinski definition) is 4. The second-order valence-corrected chi connectivity index (χ2v) is 6.89. The summed E-state index contributed by atoms with van der Waals surface area (Å²) in [5.74, 6) is -0.641. The zero-order valence-electron chi connectivity index (χ0n) is 15.6. The zero-order chi connectivity index (χ0) is 19.2. The number of amides is 2. The van der Waals surface area contributed by atoms with Crippen LogP contribution in [0, 0.1) is 0 Å². The van der Waals surface area contributed by atoms with Crippen LogP contribution >= 0.6 is 0 Å². The van der Waals surface area contributed by atoms with E-state index >= 15 is 0 Å². The van der Waals surface area contributed by atoms with Crippen LogP contribution in [0.3, 0.4) is 0 Å². The van der Waals surface area contributed by atoms with Crippen LogP contribution in [0.15, 0.2) is 48.5 Å². The fourth-order valence-electron chi connectivity index (χ4n) is 3.20. The summed E-state index contributed by atoms with van der Waals surface area (Å²) in [5.41, 5.74) is 8.39. The third kappa shape index (κ3) is 5.00. The van der Waals surface area contributed by atoms with Gasteiger partial charge >= 0.3 is 0 Å². The topological polar surface area (TPSA) is 87.5 Å².